The first-order valence-electron chi connectivity index (χ1n) is 10.0. The van der Waals surface area contributed by atoms with Crippen molar-refractivity contribution in [3.8, 4) is 0 Å². The highest BCUT2D eigenvalue weighted by atomic mass is 16.6. The van der Waals surface area contributed by atoms with Gasteiger partial charge < -0.3 is 4.74 Å². The van der Waals surface area contributed by atoms with Gasteiger partial charge in [-0.2, -0.15) is 0 Å². The highest BCUT2D eigenvalue weighted by Gasteiger charge is 2.66. The van der Waals surface area contributed by atoms with Gasteiger partial charge in [0.05, 0.1) is 0 Å². The number of ether oxygens (including phenoxy) is 1. The zero-order chi connectivity index (χ0) is 17.4. The van der Waals surface area contributed by atoms with Crippen LogP contribution in [0, 0.1) is 28.6 Å². The molecule has 5 aliphatic rings. The minimum atomic E-state index is -0.348. The molecule has 3 heteroatoms. The van der Waals surface area contributed by atoms with Gasteiger partial charge in [-0.25, -0.2) is 4.79 Å². The quantitative estimate of drug-likeness (QED) is 0.615. The van der Waals surface area contributed by atoms with Gasteiger partial charge in [-0.15, -0.1) is 0 Å². The minimum absolute atomic E-state index is 0.0822. The van der Waals surface area contributed by atoms with E-state index in [2.05, 4.69) is 19.9 Å². The maximum absolute atomic E-state index is 11.9. The minimum Gasteiger partial charge on any atom is -0.451 e. The van der Waals surface area contributed by atoms with Crippen LogP contribution in [0.15, 0.2) is 23.8 Å². The molecule has 134 valence electrons. The highest BCUT2D eigenvalue weighted by molar-refractivity contribution is 5.91. The summed E-state index contributed by atoms with van der Waals surface area (Å²) in [4.78, 5) is 23.7. The van der Waals surface area contributed by atoms with Crippen molar-refractivity contribution in [1.82, 2.24) is 0 Å². The zero-order valence-electron chi connectivity index (χ0n) is 15.3. The SMILES string of the molecule is C[C@]12CCC(=O)C=C1CC[C@@H]1[C@@H]2CC[C@@]2(C)[C@H]1CC[C@@]21C=CC(=O)O1. The number of rotatable bonds is 0. The second-order valence-electron chi connectivity index (χ2n) is 9.61. The average molecular weight is 340 g/mol. The van der Waals surface area contributed by atoms with Crippen LogP contribution in [-0.2, 0) is 14.3 Å². The first-order chi connectivity index (χ1) is 11.9. The van der Waals surface area contributed by atoms with Gasteiger partial charge in [0.2, 0.25) is 0 Å². The lowest BCUT2D eigenvalue weighted by Crippen LogP contribution is -2.54. The molecule has 0 aromatic rings. The van der Waals surface area contributed by atoms with Crippen LogP contribution in [0.5, 0.6) is 0 Å². The van der Waals surface area contributed by atoms with Crippen molar-refractivity contribution in [2.75, 3.05) is 0 Å². The van der Waals surface area contributed by atoms with Crippen LogP contribution in [0.4, 0.5) is 0 Å². The van der Waals surface area contributed by atoms with E-state index in [-0.39, 0.29) is 22.4 Å². The van der Waals surface area contributed by atoms with Gasteiger partial charge in [0.15, 0.2) is 5.78 Å². The van der Waals surface area contributed by atoms with E-state index in [0.29, 0.717) is 23.5 Å². The highest BCUT2D eigenvalue weighted by Crippen LogP contribution is 2.68. The Balaban J connectivity index is 1.50. The van der Waals surface area contributed by atoms with Crippen molar-refractivity contribution in [2.24, 2.45) is 28.6 Å². The molecule has 1 spiro atoms. The molecule has 3 fully saturated rings. The van der Waals surface area contributed by atoms with Crippen molar-refractivity contribution >= 4 is 11.8 Å². The van der Waals surface area contributed by atoms with Gasteiger partial charge in [0.1, 0.15) is 5.60 Å². The van der Waals surface area contributed by atoms with Crippen LogP contribution >= 0.6 is 0 Å². The number of hydrogen-bond donors (Lipinski definition) is 0. The topological polar surface area (TPSA) is 43.4 Å². The summed E-state index contributed by atoms with van der Waals surface area (Å²) in [5.74, 6) is 2.21. The van der Waals surface area contributed by atoms with Crippen LogP contribution in [-0.4, -0.2) is 17.4 Å². The Bertz CT molecular complexity index is 719. The molecule has 6 atom stereocenters. The molecule has 1 aliphatic heterocycles. The van der Waals surface area contributed by atoms with Crippen LogP contribution in [0.1, 0.15) is 65.2 Å². The Morgan fingerprint density at radius 3 is 2.56 bits per heavy atom. The normalized spacial score (nSPS) is 51.0. The molecule has 0 amide bonds. The molecule has 0 aromatic carbocycles. The molecule has 0 N–H and O–H groups in total. The largest absolute Gasteiger partial charge is 0.451 e. The van der Waals surface area contributed by atoms with Gasteiger partial charge in [-0.3, -0.25) is 4.79 Å². The molecule has 0 bridgehead atoms. The van der Waals surface area contributed by atoms with Gasteiger partial charge >= 0.3 is 5.97 Å². The lowest BCUT2D eigenvalue weighted by Gasteiger charge is -2.58. The Morgan fingerprint density at radius 2 is 1.80 bits per heavy atom. The molecule has 0 radical (unpaired) electrons. The first kappa shape index (κ1) is 15.8. The van der Waals surface area contributed by atoms with E-state index in [1.165, 1.54) is 24.8 Å². The average Bonchev–Trinajstić information content (AvgIpc) is 3.10. The molecule has 0 aromatic heterocycles. The monoisotopic (exact) mass is 340 g/mol. The number of hydrogen-bond acceptors (Lipinski definition) is 3. The van der Waals surface area contributed by atoms with Crippen molar-refractivity contribution in [3.63, 3.8) is 0 Å². The second kappa shape index (κ2) is 4.86. The van der Waals surface area contributed by atoms with E-state index in [1.54, 1.807) is 6.08 Å². The van der Waals surface area contributed by atoms with E-state index >= 15 is 0 Å². The summed E-state index contributed by atoms with van der Waals surface area (Å²) in [6.45, 7) is 4.80. The fourth-order valence-corrected chi connectivity index (χ4v) is 7.48. The van der Waals surface area contributed by atoms with E-state index in [4.69, 9.17) is 4.74 Å². The number of carbonyl (C=O) groups excluding carboxylic acids is 2. The third-order valence-electron chi connectivity index (χ3n) is 8.92. The second-order valence-corrected chi connectivity index (χ2v) is 9.61. The summed E-state index contributed by atoms with van der Waals surface area (Å²) < 4.78 is 5.90. The number of carbonyl (C=O) groups is 2. The van der Waals surface area contributed by atoms with Crippen molar-refractivity contribution in [3.05, 3.63) is 23.8 Å². The molecule has 5 rings (SSSR count). The number of fused-ring (bicyclic) bond motifs is 6. The maximum Gasteiger partial charge on any atom is 0.331 e. The fourth-order valence-electron chi connectivity index (χ4n) is 7.48. The fraction of sp³-hybridized carbons (Fsp3) is 0.727. The van der Waals surface area contributed by atoms with E-state index in [0.717, 1.165) is 32.1 Å². The molecular weight excluding hydrogens is 312 g/mol. The number of esters is 1. The van der Waals surface area contributed by atoms with Crippen LogP contribution in [0.3, 0.4) is 0 Å². The summed E-state index contributed by atoms with van der Waals surface area (Å²) in [5.41, 5.74) is 1.38. The first-order valence-corrected chi connectivity index (χ1v) is 10.0. The van der Waals surface area contributed by atoms with Gasteiger partial charge in [0.25, 0.3) is 0 Å². The Morgan fingerprint density at radius 1 is 1.00 bits per heavy atom. The van der Waals surface area contributed by atoms with Crippen molar-refractivity contribution < 1.29 is 14.3 Å². The number of allylic oxidation sites excluding steroid dienone is 1. The summed E-state index contributed by atoms with van der Waals surface area (Å²) in [6.07, 6.45) is 14.2. The molecule has 0 unspecified atom stereocenters. The molecule has 25 heavy (non-hydrogen) atoms. The van der Waals surface area contributed by atoms with Crippen molar-refractivity contribution in [1.29, 1.82) is 0 Å². The van der Waals surface area contributed by atoms with E-state index in [1.807, 2.05) is 6.08 Å². The van der Waals surface area contributed by atoms with E-state index < -0.39 is 0 Å². The molecule has 3 saturated carbocycles. The Labute approximate surface area is 149 Å². The summed E-state index contributed by atoms with van der Waals surface area (Å²) in [5, 5.41) is 0. The van der Waals surface area contributed by atoms with Gasteiger partial charge in [0, 0.05) is 17.9 Å². The van der Waals surface area contributed by atoms with Crippen molar-refractivity contribution in [2.45, 2.75) is 70.8 Å². The molecule has 1 heterocycles. The Hall–Kier alpha value is -1.38. The third kappa shape index (κ3) is 1.88. The summed E-state index contributed by atoms with van der Waals surface area (Å²) in [7, 11) is 0. The smallest absolute Gasteiger partial charge is 0.331 e. The van der Waals surface area contributed by atoms with Crippen LogP contribution in [0.2, 0.25) is 0 Å². The lowest BCUT2D eigenvalue weighted by molar-refractivity contribution is -0.162. The molecular formula is C22H28O3. The van der Waals surface area contributed by atoms with Gasteiger partial charge in [-0.05, 0) is 80.3 Å². The summed E-state index contributed by atoms with van der Waals surface area (Å²) >= 11 is 0. The van der Waals surface area contributed by atoms with Crippen LogP contribution in [0.25, 0.3) is 0 Å². The van der Waals surface area contributed by atoms with E-state index in [9.17, 15) is 9.59 Å². The number of ketones is 1. The third-order valence-corrected chi connectivity index (χ3v) is 8.92. The Kier molecular flexibility index (Phi) is 3.08. The van der Waals surface area contributed by atoms with Gasteiger partial charge in [-0.1, -0.05) is 19.4 Å². The van der Waals surface area contributed by atoms with Crippen LogP contribution < -0.4 is 0 Å². The molecule has 4 aliphatic carbocycles. The zero-order valence-corrected chi connectivity index (χ0v) is 15.3. The standard InChI is InChI=1S/C22H28O3/c1-20-9-5-15(23)13-14(20)3-4-16-17(20)6-10-21(2)18(16)7-11-22(21)12-8-19(24)25-22/h8,12-13,16-18H,3-7,9-11H2,1-2H3/t16-,17+,18+,20+,21+,22-/m1/s1. The summed E-state index contributed by atoms with van der Waals surface area (Å²) in [6, 6.07) is 0. The maximum atomic E-state index is 11.9. The molecule has 3 nitrogen and oxygen atoms in total. The predicted octanol–water partition coefficient (Wildman–Crippen LogP) is 4.37. The predicted molar refractivity (Wildman–Crippen MR) is 94.7 cm³/mol. The lowest BCUT2D eigenvalue weighted by atomic mass is 9.46. The molecule has 0 saturated heterocycles.